The first-order valence-electron chi connectivity index (χ1n) is 17.1. The van der Waals surface area contributed by atoms with Crippen molar-refractivity contribution in [1.29, 1.82) is 5.26 Å². The molecule has 11 nitrogen and oxygen atoms in total. The van der Waals surface area contributed by atoms with Gasteiger partial charge in [0.2, 0.25) is 0 Å². The van der Waals surface area contributed by atoms with Gasteiger partial charge in [0, 0.05) is 19.1 Å². The third-order valence-electron chi connectivity index (χ3n) is 8.75. The summed E-state index contributed by atoms with van der Waals surface area (Å²) in [4.78, 5) is 40.4. The Morgan fingerprint density at radius 3 is 2.00 bits per heavy atom. The first-order valence-corrected chi connectivity index (χ1v) is 17.1. The molecule has 3 aromatic carbocycles. The molecule has 2 amide bonds. The predicted octanol–water partition coefficient (Wildman–Crippen LogP) is 5.47. The summed E-state index contributed by atoms with van der Waals surface area (Å²) in [5.41, 5.74) is -0.604. The molecule has 2 heterocycles. The van der Waals surface area contributed by atoms with E-state index in [1.807, 2.05) is 63.6 Å². The van der Waals surface area contributed by atoms with E-state index in [1.54, 1.807) is 30.3 Å². The molecular formula is C39H42F3N8O3+. The second-order valence-electron chi connectivity index (χ2n) is 13.9. The maximum Gasteiger partial charge on any atom is 0.416 e. The number of alkyl halides is 3. The highest BCUT2D eigenvalue weighted by Gasteiger charge is 2.33. The van der Waals surface area contributed by atoms with Crippen LogP contribution in [0.4, 0.5) is 13.2 Å². The van der Waals surface area contributed by atoms with E-state index in [1.165, 1.54) is 34.7 Å². The Bertz CT molecular complexity index is 2110. The lowest BCUT2D eigenvalue weighted by Gasteiger charge is -2.30. The van der Waals surface area contributed by atoms with Crippen molar-refractivity contribution in [3.8, 4) is 28.8 Å². The molecule has 0 unspecified atom stereocenters. The van der Waals surface area contributed by atoms with Crippen LogP contribution in [0, 0.1) is 11.3 Å². The highest BCUT2D eigenvalue weighted by atomic mass is 19.4. The van der Waals surface area contributed by atoms with Crippen molar-refractivity contribution in [3.63, 3.8) is 0 Å². The van der Waals surface area contributed by atoms with Crippen LogP contribution in [0.3, 0.4) is 0 Å². The zero-order valence-electron chi connectivity index (χ0n) is 30.0. The molecule has 1 aliphatic rings. The van der Waals surface area contributed by atoms with Gasteiger partial charge in [0.25, 0.3) is 17.4 Å². The van der Waals surface area contributed by atoms with E-state index in [0.717, 1.165) is 16.8 Å². The van der Waals surface area contributed by atoms with Crippen LogP contribution in [0.2, 0.25) is 0 Å². The number of quaternary nitrogens is 1. The molecule has 2 N–H and O–H groups in total. The molecular weight excluding hydrogens is 685 g/mol. The predicted molar refractivity (Wildman–Crippen MR) is 194 cm³/mol. The fourth-order valence-electron chi connectivity index (χ4n) is 6.30. The molecule has 14 heteroatoms. The van der Waals surface area contributed by atoms with Crippen LogP contribution in [-0.2, 0) is 18.0 Å². The lowest BCUT2D eigenvalue weighted by Crippen LogP contribution is -2.49. The summed E-state index contributed by atoms with van der Waals surface area (Å²) in [6.45, 7) is 0.338. The second-order valence-corrected chi connectivity index (χ2v) is 13.9. The summed E-state index contributed by atoms with van der Waals surface area (Å²) >= 11 is 0. The first kappa shape index (κ1) is 38.3. The topological polar surface area (TPSA) is 127 Å². The van der Waals surface area contributed by atoms with Crippen molar-refractivity contribution in [1.82, 2.24) is 29.8 Å². The number of aromatic nitrogens is 4. The van der Waals surface area contributed by atoms with Crippen molar-refractivity contribution in [2.24, 2.45) is 7.05 Å². The summed E-state index contributed by atoms with van der Waals surface area (Å²) in [6, 6.07) is 26.2. The monoisotopic (exact) mass is 727 g/mol. The van der Waals surface area contributed by atoms with Crippen LogP contribution in [-0.4, -0.2) is 75.2 Å². The van der Waals surface area contributed by atoms with E-state index >= 15 is 0 Å². The van der Waals surface area contributed by atoms with Gasteiger partial charge >= 0.3 is 6.18 Å². The largest absolute Gasteiger partial charge is 0.416 e. The van der Waals surface area contributed by atoms with Gasteiger partial charge < -0.3 is 15.1 Å². The number of carbonyl (C=O) groups excluding carboxylic acids is 2. The van der Waals surface area contributed by atoms with E-state index in [-0.39, 0.29) is 34.9 Å². The number of carbonyl (C=O) groups is 2. The van der Waals surface area contributed by atoms with Crippen molar-refractivity contribution in [3.05, 3.63) is 124 Å². The minimum atomic E-state index is -4.65. The molecule has 276 valence electrons. The summed E-state index contributed by atoms with van der Waals surface area (Å²) in [5.74, 6) is -0.718. The number of amides is 2. The molecule has 0 atom stereocenters. The summed E-state index contributed by atoms with van der Waals surface area (Å²) < 4.78 is 45.3. The lowest BCUT2D eigenvalue weighted by atomic mass is 9.91. The first-order chi connectivity index (χ1) is 25.2. The molecule has 1 saturated carbocycles. The minimum Gasteiger partial charge on any atom is -0.349 e. The fourth-order valence-corrected chi connectivity index (χ4v) is 6.30. The summed E-state index contributed by atoms with van der Waals surface area (Å²) in [6.07, 6.45) is -0.769. The van der Waals surface area contributed by atoms with Gasteiger partial charge in [-0.25, -0.2) is 9.36 Å². The molecule has 1 aliphatic carbocycles. The van der Waals surface area contributed by atoms with Crippen LogP contribution in [0.5, 0.6) is 0 Å². The van der Waals surface area contributed by atoms with Gasteiger partial charge in [-0.05, 0) is 74.2 Å². The quantitative estimate of drug-likeness (QED) is 0.205. The number of nitrogens with one attached hydrogen (secondary N) is 2. The molecule has 0 spiro atoms. The molecule has 0 saturated heterocycles. The molecule has 0 bridgehead atoms. The van der Waals surface area contributed by atoms with Gasteiger partial charge in [0.15, 0.2) is 6.54 Å². The van der Waals surface area contributed by atoms with Gasteiger partial charge in [-0.2, -0.15) is 23.5 Å². The van der Waals surface area contributed by atoms with Gasteiger partial charge in [-0.15, -0.1) is 0 Å². The van der Waals surface area contributed by atoms with Gasteiger partial charge in [0.1, 0.15) is 11.3 Å². The Morgan fingerprint density at radius 1 is 0.868 bits per heavy atom. The highest BCUT2D eigenvalue weighted by Crippen LogP contribution is 2.31. The number of rotatable bonds is 8. The summed E-state index contributed by atoms with van der Waals surface area (Å²) in [5, 5.41) is 19.6. The lowest BCUT2D eigenvalue weighted by molar-refractivity contribution is -0.862. The van der Waals surface area contributed by atoms with E-state index < -0.39 is 23.2 Å². The number of likely N-dealkylation sites (N-methyl/N-ethyl adjacent to an activating group) is 1. The normalized spacial score (nSPS) is 15.8. The third kappa shape index (κ3) is 9.49. The van der Waals surface area contributed by atoms with Crippen LogP contribution in [0.1, 0.15) is 47.2 Å². The Balaban J connectivity index is 0.000000820. The molecule has 1 fully saturated rings. The minimum absolute atomic E-state index is 0.0330. The highest BCUT2D eigenvalue weighted by molar-refractivity contribution is 6.00. The van der Waals surface area contributed by atoms with Crippen LogP contribution < -0.4 is 16.2 Å². The molecule has 0 radical (unpaired) electrons. The van der Waals surface area contributed by atoms with Crippen LogP contribution in [0.15, 0.2) is 102 Å². The number of nitriles is 1. The van der Waals surface area contributed by atoms with Crippen molar-refractivity contribution in [2.45, 2.75) is 43.9 Å². The summed E-state index contributed by atoms with van der Waals surface area (Å²) in [7, 11) is 7.29. The number of hydrogen-bond donors (Lipinski definition) is 2. The zero-order valence-corrected chi connectivity index (χ0v) is 30.0. The van der Waals surface area contributed by atoms with E-state index in [2.05, 4.69) is 15.7 Å². The smallest absolute Gasteiger partial charge is 0.349 e. The van der Waals surface area contributed by atoms with Crippen molar-refractivity contribution in [2.75, 3.05) is 27.7 Å². The second kappa shape index (κ2) is 16.2. The molecule has 0 aliphatic heterocycles. The van der Waals surface area contributed by atoms with E-state index in [4.69, 9.17) is 0 Å². The van der Waals surface area contributed by atoms with Gasteiger partial charge in [-0.1, -0.05) is 42.5 Å². The Hall–Kier alpha value is -5.94. The molecule has 5 aromatic rings. The number of benzene rings is 3. The average molecular weight is 728 g/mol. The van der Waals surface area contributed by atoms with E-state index in [9.17, 15) is 32.8 Å². The fraction of sp³-hybridized carbons (Fsp3) is 0.308. The molecule has 6 rings (SSSR count). The number of halogens is 3. The number of hydrogen-bond acceptors (Lipinski definition) is 5. The maximum atomic E-state index is 14.1. The van der Waals surface area contributed by atoms with Crippen molar-refractivity contribution < 1.29 is 27.2 Å². The Kier molecular flexibility index (Phi) is 11.7. The van der Waals surface area contributed by atoms with Crippen LogP contribution >= 0.6 is 0 Å². The molecule has 2 aromatic heterocycles. The average Bonchev–Trinajstić information content (AvgIpc) is 3.70. The van der Waals surface area contributed by atoms with E-state index in [0.29, 0.717) is 53.7 Å². The van der Waals surface area contributed by atoms with Gasteiger partial charge in [0.05, 0.1) is 61.6 Å². The standard InChI is InChI=1S/C33H35F3N8O3.C6H6/c1-41-30(27-16-17-38-42(27)25-14-8-21(19-37)9-15-25)29(32(47)43(41)26-7-5-6-22(18-26)33(34,35)36)31(46)40-24-12-10-23(11-13-24)39-28(45)20-44(2,3)4;1-2-4-6-5-3-1/h5-9,14-18,23-24H,10-13,20H2,1-4H3,(H-,39,40,45,46);1-6H/p+1/t23-,24-;. The SMILES string of the molecule is Cn1c(-c2ccnn2-c2ccc(C#N)cc2)c(C(=O)N[C@H]2CC[C@H](NC(=O)C[N+](C)(C)C)CC2)c(=O)n1-c1cccc(C(F)(F)F)c1.c1ccccc1. The molecule has 53 heavy (non-hydrogen) atoms. The van der Waals surface area contributed by atoms with Gasteiger partial charge in [-0.3, -0.25) is 19.1 Å². The number of nitrogens with zero attached hydrogens (tertiary/aromatic N) is 6. The Labute approximate surface area is 305 Å². The maximum absolute atomic E-state index is 14.1. The zero-order chi connectivity index (χ0) is 38.3. The van der Waals surface area contributed by atoms with Crippen LogP contribution in [0.25, 0.3) is 22.8 Å². The third-order valence-corrected chi connectivity index (χ3v) is 8.75. The van der Waals surface area contributed by atoms with Crippen molar-refractivity contribution >= 4 is 11.8 Å². The Morgan fingerprint density at radius 2 is 1.45 bits per heavy atom.